The average molecular weight is 253 g/mol. The number of nitrogens with one attached hydrogen (secondary N) is 1. The van der Waals surface area contributed by atoms with Crippen molar-refractivity contribution in [2.75, 3.05) is 32.7 Å². The fourth-order valence-corrected chi connectivity index (χ4v) is 3.18. The predicted octanol–water partition coefficient (Wildman–Crippen LogP) is 1.07. The molecule has 104 valence electrons. The predicted molar refractivity (Wildman–Crippen MR) is 73.5 cm³/mol. The van der Waals surface area contributed by atoms with Gasteiger partial charge >= 0.3 is 0 Å². The molecule has 0 aromatic carbocycles. The maximum absolute atomic E-state index is 12.2. The molecule has 2 aliphatic heterocycles. The van der Waals surface area contributed by atoms with Crippen LogP contribution >= 0.6 is 0 Å². The molecule has 1 amide bonds. The summed E-state index contributed by atoms with van der Waals surface area (Å²) in [4.78, 5) is 16.8. The van der Waals surface area contributed by atoms with Crippen LogP contribution in [0.15, 0.2) is 0 Å². The summed E-state index contributed by atoms with van der Waals surface area (Å²) in [6.45, 7) is 9.50. The van der Waals surface area contributed by atoms with Gasteiger partial charge in [-0.1, -0.05) is 6.92 Å². The first-order valence-corrected chi connectivity index (χ1v) is 7.46. The molecule has 2 aliphatic rings. The van der Waals surface area contributed by atoms with E-state index < -0.39 is 0 Å². The van der Waals surface area contributed by atoms with Gasteiger partial charge in [-0.2, -0.15) is 0 Å². The molecule has 4 nitrogen and oxygen atoms in total. The summed E-state index contributed by atoms with van der Waals surface area (Å²) in [5.74, 6) is 0.324. The zero-order valence-electron chi connectivity index (χ0n) is 11.8. The number of hydrogen-bond acceptors (Lipinski definition) is 3. The van der Waals surface area contributed by atoms with Gasteiger partial charge in [0.1, 0.15) is 0 Å². The van der Waals surface area contributed by atoms with Crippen molar-refractivity contribution in [1.82, 2.24) is 15.1 Å². The highest BCUT2D eigenvalue weighted by molar-refractivity contribution is 5.77. The fraction of sp³-hybridized carbons (Fsp3) is 0.929. The molecular formula is C14H27N3O. The molecule has 2 saturated heterocycles. The molecular weight excluding hydrogens is 226 g/mol. The molecule has 0 aliphatic carbocycles. The Labute approximate surface area is 111 Å². The van der Waals surface area contributed by atoms with Gasteiger partial charge in [0.2, 0.25) is 5.91 Å². The van der Waals surface area contributed by atoms with Crippen LogP contribution in [0, 0.1) is 0 Å². The maximum atomic E-state index is 12.2. The van der Waals surface area contributed by atoms with E-state index in [-0.39, 0.29) is 0 Å². The molecule has 0 bridgehead atoms. The van der Waals surface area contributed by atoms with Crippen LogP contribution in [-0.2, 0) is 4.79 Å². The van der Waals surface area contributed by atoms with Crippen molar-refractivity contribution in [3.63, 3.8) is 0 Å². The Bertz CT molecular complexity index is 276. The van der Waals surface area contributed by atoms with E-state index in [1.165, 1.54) is 32.4 Å². The fourth-order valence-electron chi connectivity index (χ4n) is 3.18. The second-order valence-corrected chi connectivity index (χ2v) is 5.69. The zero-order chi connectivity index (χ0) is 13.0. The van der Waals surface area contributed by atoms with Gasteiger partial charge in [-0.25, -0.2) is 0 Å². The van der Waals surface area contributed by atoms with Gasteiger partial charge in [-0.3, -0.25) is 9.69 Å². The largest absolute Gasteiger partial charge is 0.341 e. The highest BCUT2D eigenvalue weighted by Gasteiger charge is 2.31. The molecule has 0 radical (unpaired) electrons. The SMILES string of the molecule is CCNC(C)CC(=O)N1CCC(N2CCCC2)C1. The smallest absolute Gasteiger partial charge is 0.224 e. The van der Waals surface area contributed by atoms with Crippen LogP contribution in [0.5, 0.6) is 0 Å². The zero-order valence-corrected chi connectivity index (χ0v) is 11.8. The van der Waals surface area contributed by atoms with Crippen LogP contribution in [-0.4, -0.2) is 60.5 Å². The summed E-state index contributed by atoms with van der Waals surface area (Å²) in [7, 11) is 0. The number of likely N-dealkylation sites (tertiary alicyclic amines) is 2. The number of rotatable bonds is 5. The molecule has 1 N–H and O–H groups in total. The van der Waals surface area contributed by atoms with E-state index in [2.05, 4.69) is 29.0 Å². The standard InChI is InChI=1S/C14H27N3O/c1-3-15-12(2)10-14(18)17-9-6-13(11-17)16-7-4-5-8-16/h12-13,15H,3-11H2,1-2H3. The summed E-state index contributed by atoms with van der Waals surface area (Å²) >= 11 is 0. The van der Waals surface area contributed by atoms with Crippen molar-refractivity contribution in [2.45, 2.75) is 51.6 Å². The maximum Gasteiger partial charge on any atom is 0.224 e. The molecule has 2 unspecified atom stereocenters. The van der Waals surface area contributed by atoms with Gasteiger partial charge in [-0.15, -0.1) is 0 Å². The van der Waals surface area contributed by atoms with Gasteiger partial charge in [0.05, 0.1) is 0 Å². The molecule has 0 saturated carbocycles. The lowest BCUT2D eigenvalue weighted by Gasteiger charge is -2.24. The van der Waals surface area contributed by atoms with Crippen molar-refractivity contribution in [2.24, 2.45) is 0 Å². The monoisotopic (exact) mass is 253 g/mol. The molecule has 2 fully saturated rings. The molecule has 0 aromatic rings. The van der Waals surface area contributed by atoms with E-state index in [4.69, 9.17) is 0 Å². The van der Waals surface area contributed by atoms with E-state index in [1.54, 1.807) is 0 Å². The van der Waals surface area contributed by atoms with Crippen LogP contribution in [0.4, 0.5) is 0 Å². The van der Waals surface area contributed by atoms with Crippen molar-refractivity contribution in [1.29, 1.82) is 0 Å². The normalized spacial score (nSPS) is 26.8. The average Bonchev–Trinajstić information content (AvgIpc) is 3.00. The van der Waals surface area contributed by atoms with Gasteiger partial charge in [0.15, 0.2) is 0 Å². The van der Waals surface area contributed by atoms with Crippen LogP contribution in [0.2, 0.25) is 0 Å². The summed E-state index contributed by atoms with van der Waals surface area (Å²) < 4.78 is 0. The molecule has 2 atom stereocenters. The summed E-state index contributed by atoms with van der Waals surface area (Å²) in [6, 6.07) is 0.930. The second kappa shape index (κ2) is 6.53. The van der Waals surface area contributed by atoms with E-state index in [0.717, 1.165) is 19.6 Å². The van der Waals surface area contributed by atoms with Crippen LogP contribution in [0.25, 0.3) is 0 Å². The minimum atomic E-state index is 0.299. The van der Waals surface area contributed by atoms with Gasteiger partial charge < -0.3 is 10.2 Å². The first kappa shape index (κ1) is 13.8. The third-order valence-corrected chi connectivity index (χ3v) is 4.21. The number of hydrogen-bond donors (Lipinski definition) is 1. The Balaban J connectivity index is 1.75. The highest BCUT2D eigenvalue weighted by atomic mass is 16.2. The minimum absolute atomic E-state index is 0.299. The second-order valence-electron chi connectivity index (χ2n) is 5.69. The Kier molecular flexibility index (Phi) is 5.01. The van der Waals surface area contributed by atoms with Crippen molar-refractivity contribution in [3.8, 4) is 0 Å². The van der Waals surface area contributed by atoms with Crippen LogP contribution < -0.4 is 5.32 Å². The lowest BCUT2D eigenvalue weighted by molar-refractivity contribution is -0.130. The Hall–Kier alpha value is -0.610. The third-order valence-electron chi connectivity index (χ3n) is 4.21. The number of carbonyl (C=O) groups is 1. The lowest BCUT2D eigenvalue weighted by Crippen LogP contribution is -2.39. The van der Waals surface area contributed by atoms with Gasteiger partial charge in [0.25, 0.3) is 0 Å². The summed E-state index contributed by atoms with van der Waals surface area (Å²) in [6.07, 6.45) is 4.48. The van der Waals surface area contributed by atoms with E-state index in [1.807, 2.05) is 0 Å². The van der Waals surface area contributed by atoms with Crippen molar-refractivity contribution >= 4 is 5.91 Å². The molecule has 0 spiro atoms. The first-order valence-electron chi connectivity index (χ1n) is 7.46. The van der Waals surface area contributed by atoms with Crippen LogP contribution in [0.3, 0.4) is 0 Å². The third kappa shape index (κ3) is 3.45. The van der Waals surface area contributed by atoms with Crippen molar-refractivity contribution < 1.29 is 4.79 Å². The van der Waals surface area contributed by atoms with Gasteiger partial charge in [-0.05, 0) is 45.8 Å². The van der Waals surface area contributed by atoms with E-state index >= 15 is 0 Å². The quantitative estimate of drug-likeness (QED) is 0.796. The first-order chi connectivity index (χ1) is 8.70. The molecule has 2 heterocycles. The molecule has 4 heteroatoms. The molecule has 18 heavy (non-hydrogen) atoms. The summed E-state index contributed by atoms with van der Waals surface area (Å²) in [5.41, 5.74) is 0. The number of amides is 1. The highest BCUT2D eigenvalue weighted by Crippen LogP contribution is 2.21. The Morgan fingerprint density at radius 2 is 2.06 bits per heavy atom. The topological polar surface area (TPSA) is 35.6 Å². The number of carbonyl (C=O) groups excluding carboxylic acids is 1. The Morgan fingerprint density at radius 3 is 2.72 bits per heavy atom. The van der Waals surface area contributed by atoms with E-state index in [0.29, 0.717) is 24.4 Å². The Morgan fingerprint density at radius 1 is 1.33 bits per heavy atom. The molecule has 2 rings (SSSR count). The van der Waals surface area contributed by atoms with E-state index in [9.17, 15) is 4.79 Å². The molecule has 0 aromatic heterocycles. The van der Waals surface area contributed by atoms with Crippen molar-refractivity contribution in [3.05, 3.63) is 0 Å². The van der Waals surface area contributed by atoms with Crippen LogP contribution in [0.1, 0.15) is 39.5 Å². The number of nitrogens with zero attached hydrogens (tertiary/aromatic N) is 2. The van der Waals surface area contributed by atoms with Gasteiger partial charge in [0, 0.05) is 31.6 Å². The lowest BCUT2D eigenvalue weighted by atomic mass is 10.2. The minimum Gasteiger partial charge on any atom is -0.341 e. The summed E-state index contributed by atoms with van der Waals surface area (Å²) in [5, 5.41) is 3.31.